The fraction of sp³-hybridized carbons (Fsp3) is 0.200. The van der Waals surface area contributed by atoms with E-state index in [9.17, 15) is 14.0 Å². The Hall–Kier alpha value is -4.71. The first kappa shape index (κ1) is 27.8. The van der Waals surface area contributed by atoms with E-state index in [4.69, 9.17) is 9.15 Å². The summed E-state index contributed by atoms with van der Waals surface area (Å²) in [6, 6.07) is 25.0. The molecule has 0 aliphatic carbocycles. The van der Waals surface area contributed by atoms with Gasteiger partial charge in [-0.25, -0.2) is 4.39 Å². The lowest BCUT2D eigenvalue weighted by molar-refractivity contribution is 0.0948. The zero-order valence-corrected chi connectivity index (χ0v) is 23.6. The Labute approximate surface area is 239 Å². The second kappa shape index (κ2) is 11.8. The Bertz CT molecular complexity index is 1730. The van der Waals surface area contributed by atoms with Gasteiger partial charge < -0.3 is 14.5 Å². The summed E-state index contributed by atoms with van der Waals surface area (Å²) in [5.41, 5.74) is 5.42. The van der Waals surface area contributed by atoms with Crippen LogP contribution in [0.1, 0.15) is 47.9 Å². The number of furan rings is 1. The van der Waals surface area contributed by atoms with Crippen molar-refractivity contribution in [1.29, 1.82) is 0 Å². The average molecular weight is 550 g/mol. The number of Topliss-reactive ketones (excluding diaryl/α,β-unsaturated/α-hetero) is 1. The number of ketones is 1. The van der Waals surface area contributed by atoms with Crippen molar-refractivity contribution in [1.82, 2.24) is 5.32 Å². The fourth-order valence-corrected chi connectivity index (χ4v) is 4.94. The number of methoxy groups -OCH3 is 1. The van der Waals surface area contributed by atoms with Crippen LogP contribution in [0.25, 0.3) is 44.5 Å². The van der Waals surface area contributed by atoms with Crippen molar-refractivity contribution in [2.45, 2.75) is 27.2 Å². The summed E-state index contributed by atoms with van der Waals surface area (Å²) in [6.07, 6.45) is 0.292. The van der Waals surface area contributed by atoms with E-state index < -0.39 is 0 Å². The highest BCUT2D eigenvalue weighted by Crippen LogP contribution is 2.39. The van der Waals surface area contributed by atoms with E-state index in [0.29, 0.717) is 58.1 Å². The number of fused-ring (bicyclic) bond motifs is 1. The van der Waals surface area contributed by atoms with Crippen LogP contribution in [-0.2, 0) is 0 Å². The Kier molecular flexibility index (Phi) is 8.02. The van der Waals surface area contributed by atoms with Crippen molar-refractivity contribution >= 4 is 22.7 Å². The van der Waals surface area contributed by atoms with Gasteiger partial charge >= 0.3 is 0 Å². The third-order valence-electron chi connectivity index (χ3n) is 7.06. The third-order valence-corrected chi connectivity index (χ3v) is 7.06. The molecule has 5 rings (SSSR count). The molecule has 0 radical (unpaired) electrons. The van der Waals surface area contributed by atoms with E-state index >= 15 is 0 Å². The molecule has 41 heavy (non-hydrogen) atoms. The molecule has 0 saturated heterocycles. The first-order chi connectivity index (χ1) is 19.8. The van der Waals surface area contributed by atoms with Crippen LogP contribution in [0.15, 0.2) is 89.3 Å². The number of carbonyl (C=O) groups excluding carboxylic acids is 2. The summed E-state index contributed by atoms with van der Waals surface area (Å²) in [6.45, 7) is 6.45. The molecule has 0 aliphatic rings. The number of halogens is 1. The van der Waals surface area contributed by atoms with Crippen LogP contribution in [-0.4, -0.2) is 25.3 Å². The molecule has 0 unspecified atom stereocenters. The van der Waals surface area contributed by atoms with E-state index in [0.717, 1.165) is 22.3 Å². The molecule has 208 valence electrons. The van der Waals surface area contributed by atoms with Crippen molar-refractivity contribution in [3.05, 3.63) is 102 Å². The smallest absolute Gasteiger partial charge is 0.251 e. The highest BCUT2D eigenvalue weighted by atomic mass is 19.1. The maximum atomic E-state index is 13.6. The van der Waals surface area contributed by atoms with Crippen LogP contribution in [0.5, 0.6) is 5.75 Å². The molecule has 0 atom stereocenters. The summed E-state index contributed by atoms with van der Waals surface area (Å²) in [5.74, 6) is 0.788. The number of hydrogen-bond acceptors (Lipinski definition) is 4. The molecule has 0 aliphatic heterocycles. The number of carbonyl (C=O) groups is 2. The summed E-state index contributed by atoms with van der Waals surface area (Å²) < 4.78 is 25.3. The molecular weight excluding hydrogens is 517 g/mol. The number of benzene rings is 4. The minimum absolute atomic E-state index is 0.0690. The maximum absolute atomic E-state index is 13.6. The number of para-hydroxylation sites is 1. The summed E-state index contributed by atoms with van der Waals surface area (Å²) in [4.78, 5) is 26.6. The molecule has 1 heterocycles. The number of rotatable bonds is 9. The highest BCUT2D eigenvalue weighted by Gasteiger charge is 2.22. The average Bonchev–Trinajstić information content (AvgIpc) is 3.38. The van der Waals surface area contributed by atoms with Gasteiger partial charge in [0.15, 0.2) is 5.78 Å². The predicted octanol–water partition coefficient (Wildman–Crippen LogP) is 8.56. The Morgan fingerprint density at radius 3 is 2.27 bits per heavy atom. The second-order valence-corrected chi connectivity index (χ2v) is 10.4. The number of nitrogens with one attached hydrogen (secondary N) is 1. The fourth-order valence-electron chi connectivity index (χ4n) is 4.94. The van der Waals surface area contributed by atoms with Gasteiger partial charge in [0.05, 0.1) is 12.7 Å². The van der Waals surface area contributed by atoms with Gasteiger partial charge in [0.2, 0.25) is 0 Å². The molecule has 5 aromatic rings. The molecule has 0 bridgehead atoms. The predicted molar refractivity (Wildman–Crippen MR) is 161 cm³/mol. The van der Waals surface area contributed by atoms with Gasteiger partial charge in [-0.1, -0.05) is 57.2 Å². The van der Waals surface area contributed by atoms with Gasteiger partial charge in [0.1, 0.15) is 22.9 Å². The van der Waals surface area contributed by atoms with Gasteiger partial charge in [-0.2, -0.15) is 0 Å². The first-order valence-electron chi connectivity index (χ1n) is 13.7. The molecule has 0 spiro atoms. The standard InChI is InChI=1S/C35H32FNO4/c1-5-30(38)33-29-19-24(13-17-32(29)41-34(33)22-10-14-25(36)15-11-22)23-12-16-26(27-8-6-7-9-31(27)40-4)28(18-23)35(39)37-20-21(2)3/h6-19,21H,5,20H2,1-4H3,(H,37,39). The molecule has 5 nitrogen and oxygen atoms in total. The monoisotopic (exact) mass is 549 g/mol. The van der Waals surface area contributed by atoms with Crippen molar-refractivity contribution in [2.24, 2.45) is 5.92 Å². The number of amides is 1. The van der Waals surface area contributed by atoms with E-state index in [1.807, 2.05) is 74.5 Å². The van der Waals surface area contributed by atoms with Crippen LogP contribution in [0.2, 0.25) is 0 Å². The molecule has 0 saturated carbocycles. The Balaban J connectivity index is 1.66. The van der Waals surface area contributed by atoms with Gasteiger partial charge in [-0.15, -0.1) is 0 Å². The van der Waals surface area contributed by atoms with Crippen molar-refractivity contribution in [2.75, 3.05) is 13.7 Å². The molecule has 1 amide bonds. The largest absolute Gasteiger partial charge is 0.496 e. The lowest BCUT2D eigenvalue weighted by atomic mass is 9.92. The normalized spacial score (nSPS) is 11.2. The number of hydrogen-bond donors (Lipinski definition) is 1. The van der Waals surface area contributed by atoms with Crippen LogP contribution in [0, 0.1) is 11.7 Å². The molecule has 1 aromatic heterocycles. The van der Waals surface area contributed by atoms with Gasteiger partial charge in [-0.3, -0.25) is 9.59 Å². The van der Waals surface area contributed by atoms with Gasteiger partial charge in [0.25, 0.3) is 5.91 Å². The third kappa shape index (κ3) is 5.64. The zero-order valence-electron chi connectivity index (χ0n) is 23.6. The topological polar surface area (TPSA) is 68.5 Å². The van der Waals surface area contributed by atoms with Gasteiger partial charge in [-0.05, 0) is 71.1 Å². The van der Waals surface area contributed by atoms with Crippen LogP contribution < -0.4 is 10.1 Å². The molecule has 4 aromatic carbocycles. The Morgan fingerprint density at radius 1 is 0.878 bits per heavy atom. The van der Waals surface area contributed by atoms with Crippen LogP contribution in [0.4, 0.5) is 4.39 Å². The summed E-state index contributed by atoms with van der Waals surface area (Å²) >= 11 is 0. The molecule has 1 N–H and O–H groups in total. The first-order valence-corrected chi connectivity index (χ1v) is 13.7. The minimum Gasteiger partial charge on any atom is -0.496 e. The summed E-state index contributed by atoms with van der Waals surface area (Å²) in [7, 11) is 1.61. The molecule has 6 heteroatoms. The van der Waals surface area contributed by atoms with Gasteiger partial charge in [0, 0.05) is 35.0 Å². The van der Waals surface area contributed by atoms with Crippen molar-refractivity contribution in [3.63, 3.8) is 0 Å². The zero-order chi connectivity index (χ0) is 29.1. The minimum atomic E-state index is -0.361. The van der Waals surface area contributed by atoms with E-state index in [1.165, 1.54) is 12.1 Å². The van der Waals surface area contributed by atoms with Crippen molar-refractivity contribution in [3.8, 4) is 39.3 Å². The van der Waals surface area contributed by atoms with Crippen LogP contribution >= 0.6 is 0 Å². The van der Waals surface area contributed by atoms with Crippen LogP contribution in [0.3, 0.4) is 0 Å². The molecule has 0 fully saturated rings. The SMILES string of the molecule is CCC(=O)c1c(-c2ccc(F)cc2)oc2ccc(-c3ccc(-c4ccccc4OC)c(C(=O)NCC(C)C)c3)cc12. The summed E-state index contributed by atoms with van der Waals surface area (Å²) in [5, 5.41) is 3.72. The maximum Gasteiger partial charge on any atom is 0.251 e. The second-order valence-electron chi connectivity index (χ2n) is 10.4. The van der Waals surface area contributed by atoms with E-state index in [1.54, 1.807) is 26.2 Å². The number of ether oxygens (including phenoxy) is 1. The lowest BCUT2D eigenvalue weighted by Gasteiger charge is -2.16. The lowest BCUT2D eigenvalue weighted by Crippen LogP contribution is -2.27. The van der Waals surface area contributed by atoms with E-state index in [2.05, 4.69) is 5.32 Å². The Morgan fingerprint density at radius 2 is 1.56 bits per heavy atom. The van der Waals surface area contributed by atoms with Crippen molar-refractivity contribution < 1.29 is 23.1 Å². The molecular formula is C35H32FNO4. The highest BCUT2D eigenvalue weighted by molar-refractivity contribution is 6.13. The quantitative estimate of drug-likeness (QED) is 0.187. The van der Waals surface area contributed by atoms with E-state index in [-0.39, 0.29) is 17.5 Å².